The number of para-hydroxylation sites is 2. The lowest BCUT2D eigenvalue weighted by atomic mass is 9.81. The van der Waals surface area contributed by atoms with Crippen LogP contribution in [-0.2, 0) is 20.9 Å². The fourth-order valence-corrected chi connectivity index (χ4v) is 8.65. The van der Waals surface area contributed by atoms with E-state index in [1.165, 1.54) is 83.1 Å². The standard InChI is InChI=1S/C41H59N4.C7H8O3S.C2H6/c1-40(2)34-17-11-13-19-36(34)42(27-15-29-44(5,6)7)38(40)25-23-32-21-22-33(31-32)24-26-39-41(3,4)35-18-12-14-20-37(35)43(39)28-16-30-45(8,9)10;1-6-2-4-7(5-3-6)11(8,9)10;1-2/h11-14,17-20,23-26,31H,15-16,21-22,27-30H2,1-10H3;2-5H,1H3,(H,8,9,10);1-2H3/q+3;;/p-1. The number of quaternary nitrogens is 2. The summed E-state index contributed by atoms with van der Waals surface area (Å²) in [7, 11) is 9.46. The van der Waals surface area contributed by atoms with Crippen LogP contribution in [0, 0.1) is 6.92 Å². The van der Waals surface area contributed by atoms with E-state index in [9.17, 15) is 13.0 Å². The summed E-state index contributed by atoms with van der Waals surface area (Å²) in [6, 6.07) is 23.8. The highest BCUT2D eigenvalue weighted by Crippen LogP contribution is 2.48. The van der Waals surface area contributed by atoms with Crippen LogP contribution >= 0.6 is 0 Å². The van der Waals surface area contributed by atoms with Gasteiger partial charge in [-0.05, 0) is 74.6 Å². The molecule has 7 nitrogen and oxygen atoms in total. The Labute approximate surface area is 352 Å². The molecule has 0 fully saturated rings. The van der Waals surface area contributed by atoms with Gasteiger partial charge in [-0.1, -0.05) is 100 Å². The van der Waals surface area contributed by atoms with Crippen molar-refractivity contribution in [1.29, 1.82) is 0 Å². The summed E-state index contributed by atoms with van der Waals surface area (Å²) in [6.45, 7) is 19.8. The van der Waals surface area contributed by atoms with Crippen LogP contribution in [0.1, 0.15) is 83.9 Å². The third-order valence-electron chi connectivity index (χ3n) is 11.3. The molecule has 0 bridgehead atoms. The molecule has 0 radical (unpaired) electrons. The molecule has 3 aromatic rings. The molecule has 58 heavy (non-hydrogen) atoms. The third-order valence-corrected chi connectivity index (χ3v) is 12.2. The first-order valence-corrected chi connectivity index (χ1v) is 22.5. The second-order valence-electron chi connectivity index (χ2n) is 18.8. The Morgan fingerprint density at radius 3 is 1.95 bits per heavy atom. The topological polar surface area (TPSA) is 63.5 Å². The maximum Gasteiger partial charge on any atom is 0.209 e. The van der Waals surface area contributed by atoms with E-state index >= 15 is 0 Å². The minimum Gasteiger partial charge on any atom is -0.744 e. The highest BCUT2D eigenvalue weighted by atomic mass is 32.2. The van der Waals surface area contributed by atoms with Gasteiger partial charge in [0.25, 0.3) is 0 Å². The number of fused-ring (bicyclic) bond motifs is 2. The van der Waals surface area contributed by atoms with E-state index in [0.717, 1.165) is 40.5 Å². The first-order valence-electron chi connectivity index (χ1n) is 21.1. The molecule has 0 saturated carbocycles. The van der Waals surface area contributed by atoms with E-state index in [2.05, 4.69) is 158 Å². The zero-order valence-corrected chi connectivity index (χ0v) is 38.7. The second-order valence-corrected chi connectivity index (χ2v) is 20.2. The molecule has 0 N–H and O–H groups in total. The van der Waals surface area contributed by atoms with Gasteiger partial charge in [-0.25, -0.2) is 8.42 Å². The molecule has 0 amide bonds. The van der Waals surface area contributed by atoms with Crippen LogP contribution in [0.25, 0.3) is 0 Å². The second kappa shape index (κ2) is 18.9. The number of allylic oxidation sites excluding steroid dienone is 8. The number of nitrogens with zero attached hydrogens (tertiary/aromatic N) is 4. The summed E-state index contributed by atoms with van der Waals surface area (Å²) < 4.78 is 35.8. The Hall–Kier alpha value is -4.08. The van der Waals surface area contributed by atoms with E-state index in [1.54, 1.807) is 12.1 Å². The summed E-state index contributed by atoms with van der Waals surface area (Å²) in [5, 5.41) is 0. The molecule has 2 heterocycles. The fraction of sp³-hybridized carbons (Fsp3) is 0.460. The predicted octanol–water partition coefficient (Wildman–Crippen LogP) is 10.1. The van der Waals surface area contributed by atoms with Crippen LogP contribution in [-0.4, -0.2) is 101 Å². The summed E-state index contributed by atoms with van der Waals surface area (Å²) in [4.78, 5) is 2.41. The van der Waals surface area contributed by atoms with Gasteiger partial charge in [0.1, 0.15) is 10.1 Å². The molecule has 0 saturated heterocycles. The number of benzene rings is 3. The number of rotatable bonds is 12. The molecular weight excluding hydrogens is 737 g/mol. The molecule has 314 valence electrons. The molecule has 0 atom stereocenters. The summed E-state index contributed by atoms with van der Waals surface area (Å²) in [6.07, 6.45) is 16.6. The molecular formula is C50H72N4O3S+2. The van der Waals surface area contributed by atoms with Crippen LogP contribution in [0.15, 0.2) is 125 Å². The van der Waals surface area contributed by atoms with Gasteiger partial charge in [-0.15, -0.1) is 0 Å². The average Bonchev–Trinajstić information content (AvgIpc) is 3.75. The lowest BCUT2D eigenvalue weighted by Gasteiger charge is -2.29. The quantitative estimate of drug-likeness (QED) is 0.104. The van der Waals surface area contributed by atoms with Crippen LogP contribution in [0.3, 0.4) is 0 Å². The van der Waals surface area contributed by atoms with Crippen molar-refractivity contribution in [2.24, 2.45) is 0 Å². The van der Waals surface area contributed by atoms with Crippen molar-refractivity contribution in [3.8, 4) is 0 Å². The minimum absolute atomic E-state index is 0.00960. The SMILES string of the molecule is CC.CC1(C)C(/C=C/C2=CC(=C/C=C3/N(CCC[N+](C)(C)C)c4ccccc4C3(C)C)CC2)=[N+](CCC[N+](C)(C)C)c2ccccc21.Cc1ccc(S(=O)(=O)[O-])cc1. The first-order chi connectivity index (χ1) is 27.1. The van der Waals surface area contributed by atoms with E-state index in [1.807, 2.05) is 20.8 Å². The van der Waals surface area contributed by atoms with Crippen LogP contribution < -0.4 is 4.90 Å². The Bertz CT molecular complexity index is 2160. The maximum absolute atomic E-state index is 10.4. The number of anilines is 1. The zero-order chi connectivity index (χ0) is 43.1. The monoisotopic (exact) mass is 809 g/mol. The van der Waals surface area contributed by atoms with Crippen molar-refractivity contribution in [2.75, 3.05) is 73.4 Å². The molecule has 2 aliphatic heterocycles. The molecule has 0 spiro atoms. The van der Waals surface area contributed by atoms with Crippen molar-refractivity contribution in [2.45, 2.75) is 89.9 Å². The van der Waals surface area contributed by atoms with E-state index < -0.39 is 10.1 Å². The molecule has 0 aromatic heterocycles. The Morgan fingerprint density at radius 1 is 0.741 bits per heavy atom. The largest absolute Gasteiger partial charge is 0.744 e. The fourth-order valence-electron chi connectivity index (χ4n) is 8.18. The Balaban J connectivity index is 0.000000491. The van der Waals surface area contributed by atoms with Crippen LogP contribution in [0.5, 0.6) is 0 Å². The molecule has 1 aliphatic carbocycles. The van der Waals surface area contributed by atoms with Crippen LogP contribution in [0.4, 0.5) is 11.4 Å². The van der Waals surface area contributed by atoms with E-state index in [-0.39, 0.29) is 15.7 Å². The van der Waals surface area contributed by atoms with Crippen molar-refractivity contribution in [3.63, 3.8) is 0 Å². The molecule has 0 unspecified atom stereocenters. The predicted molar refractivity (Wildman–Crippen MR) is 244 cm³/mol. The third kappa shape index (κ3) is 11.8. The first kappa shape index (κ1) is 46.6. The van der Waals surface area contributed by atoms with Crippen LogP contribution in [0.2, 0.25) is 0 Å². The zero-order valence-electron chi connectivity index (χ0n) is 37.9. The molecule has 3 aliphatic rings. The highest BCUT2D eigenvalue weighted by Gasteiger charge is 2.44. The van der Waals surface area contributed by atoms with Gasteiger partial charge in [0.2, 0.25) is 5.69 Å². The summed E-state index contributed by atoms with van der Waals surface area (Å²) in [5.41, 5.74) is 12.2. The normalized spacial score (nSPS) is 18.5. The van der Waals surface area contributed by atoms with Gasteiger partial charge in [-0.3, -0.25) is 0 Å². The number of hydrogen-bond donors (Lipinski definition) is 0. The van der Waals surface area contributed by atoms with Crippen molar-refractivity contribution in [3.05, 3.63) is 137 Å². The smallest absolute Gasteiger partial charge is 0.209 e. The van der Waals surface area contributed by atoms with Gasteiger partial charge < -0.3 is 18.4 Å². The molecule has 6 rings (SSSR count). The van der Waals surface area contributed by atoms with Crippen molar-refractivity contribution >= 4 is 27.2 Å². The van der Waals surface area contributed by atoms with E-state index in [4.69, 9.17) is 0 Å². The Kier molecular flexibility index (Phi) is 15.2. The Morgan fingerprint density at radius 2 is 1.33 bits per heavy atom. The van der Waals surface area contributed by atoms with Gasteiger partial charge in [-0.2, -0.15) is 4.58 Å². The number of hydrogen-bond acceptors (Lipinski definition) is 4. The van der Waals surface area contributed by atoms with Gasteiger partial charge >= 0.3 is 0 Å². The maximum atomic E-state index is 10.4. The van der Waals surface area contributed by atoms with Gasteiger partial charge in [0.05, 0.1) is 72.1 Å². The van der Waals surface area contributed by atoms with Gasteiger partial charge in [0.15, 0.2) is 12.3 Å². The highest BCUT2D eigenvalue weighted by molar-refractivity contribution is 7.85. The average molecular weight is 809 g/mol. The van der Waals surface area contributed by atoms with Crippen molar-refractivity contribution < 1.29 is 26.5 Å². The van der Waals surface area contributed by atoms with E-state index in [0.29, 0.717) is 0 Å². The van der Waals surface area contributed by atoms with Crippen molar-refractivity contribution in [1.82, 2.24) is 0 Å². The lowest BCUT2D eigenvalue weighted by molar-refractivity contribution is -0.871. The summed E-state index contributed by atoms with van der Waals surface area (Å²) in [5.74, 6) is 0. The molecule has 8 heteroatoms. The van der Waals surface area contributed by atoms with Gasteiger partial charge in [0, 0.05) is 47.5 Å². The minimum atomic E-state index is -4.27. The summed E-state index contributed by atoms with van der Waals surface area (Å²) >= 11 is 0. The number of aryl methyl sites for hydroxylation is 1. The molecule has 3 aromatic carbocycles. The lowest BCUT2D eigenvalue weighted by Crippen LogP contribution is -2.37.